The molecule has 0 fully saturated rings. The Kier molecular flexibility index (Phi) is 3.73. The predicted octanol–water partition coefficient (Wildman–Crippen LogP) is 1.64. The molecule has 1 aliphatic heterocycles. The Balaban J connectivity index is 2.38. The minimum absolute atomic E-state index is 0.123. The van der Waals surface area contributed by atoms with Crippen molar-refractivity contribution in [2.24, 2.45) is 0 Å². The largest absolute Gasteiger partial charge is 0.478 e. The average Bonchev–Trinajstić information content (AvgIpc) is 2.39. The van der Waals surface area contributed by atoms with Gasteiger partial charge in [-0.15, -0.1) is 0 Å². The molecular weight excluding hydrogens is 266 g/mol. The summed E-state index contributed by atoms with van der Waals surface area (Å²) in [6.07, 6.45) is 4.47. The Morgan fingerprint density at radius 3 is 2.58 bits per heavy atom. The molecule has 19 heavy (non-hydrogen) atoms. The first-order chi connectivity index (χ1) is 8.93. The molecule has 1 heterocycles. The Hall–Kier alpha value is -1.66. The number of carboxylic acid groups (broad SMARTS) is 1. The summed E-state index contributed by atoms with van der Waals surface area (Å²) in [5.41, 5.74) is 0.568. The second kappa shape index (κ2) is 5.14. The zero-order chi connectivity index (χ0) is 14.0. The third-order valence-corrected chi connectivity index (χ3v) is 4.95. The molecule has 0 aromatic heterocycles. The third-order valence-electron chi connectivity index (χ3n) is 3.09. The SMILES string of the molecule is Cc1cc(S(=O)(=O)N2CC=CCC2)ccc1C(=O)O. The van der Waals surface area contributed by atoms with Gasteiger partial charge >= 0.3 is 5.97 Å². The smallest absolute Gasteiger partial charge is 0.335 e. The van der Waals surface area contributed by atoms with Crippen molar-refractivity contribution in [2.75, 3.05) is 13.1 Å². The summed E-state index contributed by atoms with van der Waals surface area (Å²) in [7, 11) is -3.54. The minimum atomic E-state index is -3.54. The molecule has 0 saturated carbocycles. The van der Waals surface area contributed by atoms with Gasteiger partial charge in [-0.25, -0.2) is 13.2 Å². The molecule has 0 saturated heterocycles. The van der Waals surface area contributed by atoms with Gasteiger partial charge in [-0.1, -0.05) is 12.2 Å². The van der Waals surface area contributed by atoms with E-state index in [-0.39, 0.29) is 10.5 Å². The van der Waals surface area contributed by atoms with E-state index in [9.17, 15) is 13.2 Å². The quantitative estimate of drug-likeness (QED) is 0.855. The van der Waals surface area contributed by atoms with E-state index in [0.717, 1.165) is 0 Å². The number of aryl methyl sites for hydroxylation is 1. The number of benzene rings is 1. The molecule has 0 radical (unpaired) electrons. The highest BCUT2D eigenvalue weighted by Crippen LogP contribution is 2.21. The maximum absolute atomic E-state index is 12.4. The van der Waals surface area contributed by atoms with Crippen LogP contribution in [0.5, 0.6) is 0 Å². The van der Waals surface area contributed by atoms with Crippen molar-refractivity contribution in [3.8, 4) is 0 Å². The van der Waals surface area contributed by atoms with Crippen molar-refractivity contribution in [1.82, 2.24) is 4.31 Å². The third kappa shape index (κ3) is 2.69. The summed E-state index contributed by atoms with van der Waals surface area (Å²) in [4.78, 5) is 11.1. The van der Waals surface area contributed by atoms with Gasteiger partial charge in [0.2, 0.25) is 10.0 Å². The van der Waals surface area contributed by atoms with Crippen molar-refractivity contribution in [3.63, 3.8) is 0 Å². The first kappa shape index (κ1) is 13.8. The Bertz CT molecular complexity index is 634. The summed E-state index contributed by atoms with van der Waals surface area (Å²) in [5.74, 6) is -1.05. The number of sulfonamides is 1. The molecule has 0 amide bonds. The van der Waals surface area contributed by atoms with Gasteiger partial charge in [0, 0.05) is 13.1 Å². The lowest BCUT2D eigenvalue weighted by Gasteiger charge is -2.23. The maximum atomic E-state index is 12.4. The highest BCUT2D eigenvalue weighted by atomic mass is 32.2. The van der Waals surface area contributed by atoms with Gasteiger partial charge in [-0.3, -0.25) is 0 Å². The second-order valence-corrected chi connectivity index (χ2v) is 6.34. The number of carboxylic acids is 1. The minimum Gasteiger partial charge on any atom is -0.478 e. The van der Waals surface area contributed by atoms with Crippen LogP contribution in [-0.2, 0) is 10.0 Å². The van der Waals surface area contributed by atoms with E-state index in [2.05, 4.69) is 0 Å². The van der Waals surface area contributed by atoms with E-state index in [0.29, 0.717) is 25.1 Å². The standard InChI is InChI=1S/C13H15NO4S/c1-10-9-11(5-6-12(10)13(15)16)19(17,18)14-7-3-2-4-8-14/h2-3,5-6,9H,4,7-8H2,1H3,(H,15,16). The van der Waals surface area contributed by atoms with E-state index in [4.69, 9.17) is 5.11 Å². The van der Waals surface area contributed by atoms with Crippen LogP contribution in [-0.4, -0.2) is 36.9 Å². The molecule has 1 N–H and O–H groups in total. The molecule has 1 aromatic rings. The molecule has 1 aliphatic rings. The van der Waals surface area contributed by atoms with E-state index < -0.39 is 16.0 Å². The first-order valence-electron chi connectivity index (χ1n) is 5.92. The van der Waals surface area contributed by atoms with Gasteiger partial charge in [-0.05, 0) is 37.1 Å². The predicted molar refractivity (Wildman–Crippen MR) is 70.7 cm³/mol. The van der Waals surface area contributed by atoms with Gasteiger partial charge in [0.05, 0.1) is 10.5 Å². The van der Waals surface area contributed by atoms with Gasteiger partial charge in [0.15, 0.2) is 0 Å². The van der Waals surface area contributed by atoms with Crippen LogP contribution in [0.1, 0.15) is 22.3 Å². The van der Waals surface area contributed by atoms with Crippen LogP contribution >= 0.6 is 0 Å². The van der Waals surface area contributed by atoms with Gasteiger partial charge in [-0.2, -0.15) is 4.31 Å². The van der Waals surface area contributed by atoms with Crippen LogP contribution in [0.3, 0.4) is 0 Å². The van der Waals surface area contributed by atoms with Crippen LogP contribution in [0.2, 0.25) is 0 Å². The monoisotopic (exact) mass is 281 g/mol. The normalized spacial score (nSPS) is 16.5. The number of nitrogens with zero attached hydrogens (tertiary/aromatic N) is 1. The number of hydrogen-bond donors (Lipinski definition) is 1. The van der Waals surface area contributed by atoms with Crippen LogP contribution in [0, 0.1) is 6.92 Å². The maximum Gasteiger partial charge on any atom is 0.335 e. The average molecular weight is 281 g/mol. The highest BCUT2D eigenvalue weighted by Gasteiger charge is 2.25. The molecule has 2 rings (SSSR count). The summed E-state index contributed by atoms with van der Waals surface area (Å²) in [6.45, 7) is 2.42. The molecule has 0 bridgehead atoms. The number of aromatic carboxylic acids is 1. The van der Waals surface area contributed by atoms with Crippen molar-refractivity contribution in [3.05, 3.63) is 41.5 Å². The fourth-order valence-electron chi connectivity index (χ4n) is 2.02. The van der Waals surface area contributed by atoms with Crippen molar-refractivity contribution < 1.29 is 18.3 Å². The Morgan fingerprint density at radius 2 is 2.05 bits per heavy atom. The molecule has 102 valence electrons. The zero-order valence-electron chi connectivity index (χ0n) is 10.5. The number of rotatable bonds is 3. The molecule has 0 atom stereocenters. The van der Waals surface area contributed by atoms with Crippen LogP contribution in [0.15, 0.2) is 35.2 Å². The van der Waals surface area contributed by atoms with Gasteiger partial charge < -0.3 is 5.11 Å². The van der Waals surface area contributed by atoms with E-state index in [1.54, 1.807) is 6.92 Å². The van der Waals surface area contributed by atoms with Gasteiger partial charge in [0.25, 0.3) is 0 Å². The lowest BCUT2D eigenvalue weighted by Crippen LogP contribution is -2.33. The molecule has 6 heteroatoms. The Morgan fingerprint density at radius 1 is 1.32 bits per heavy atom. The molecule has 0 unspecified atom stereocenters. The topological polar surface area (TPSA) is 74.7 Å². The number of carbonyl (C=O) groups is 1. The van der Waals surface area contributed by atoms with Crippen LogP contribution in [0.25, 0.3) is 0 Å². The van der Waals surface area contributed by atoms with Crippen molar-refractivity contribution in [2.45, 2.75) is 18.2 Å². The van der Waals surface area contributed by atoms with E-state index in [1.807, 2.05) is 12.2 Å². The molecular formula is C13H15NO4S. The van der Waals surface area contributed by atoms with Crippen LogP contribution in [0.4, 0.5) is 0 Å². The second-order valence-electron chi connectivity index (χ2n) is 4.41. The lowest BCUT2D eigenvalue weighted by molar-refractivity contribution is 0.0696. The molecule has 0 aliphatic carbocycles. The highest BCUT2D eigenvalue weighted by molar-refractivity contribution is 7.89. The van der Waals surface area contributed by atoms with Crippen LogP contribution < -0.4 is 0 Å². The van der Waals surface area contributed by atoms with Crippen molar-refractivity contribution in [1.29, 1.82) is 0 Å². The van der Waals surface area contributed by atoms with E-state index >= 15 is 0 Å². The summed E-state index contributed by atoms with van der Waals surface area (Å²) < 4.78 is 26.1. The fraction of sp³-hybridized carbons (Fsp3) is 0.308. The van der Waals surface area contributed by atoms with Crippen molar-refractivity contribution >= 4 is 16.0 Å². The zero-order valence-corrected chi connectivity index (χ0v) is 11.4. The summed E-state index contributed by atoms with van der Waals surface area (Å²) in [5, 5.41) is 8.94. The van der Waals surface area contributed by atoms with Gasteiger partial charge in [0.1, 0.15) is 0 Å². The fourth-order valence-corrected chi connectivity index (χ4v) is 3.52. The summed E-state index contributed by atoms with van der Waals surface area (Å²) in [6, 6.07) is 4.10. The first-order valence-corrected chi connectivity index (χ1v) is 7.36. The van der Waals surface area contributed by atoms with E-state index in [1.165, 1.54) is 22.5 Å². The molecule has 1 aromatic carbocycles. The molecule has 5 nitrogen and oxygen atoms in total. The number of hydrogen-bond acceptors (Lipinski definition) is 3. The lowest BCUT2D eigenvalue weighted by atomic mass is 10.1. The summed E-state index contributed by atoms with van der Waals surface area (Å²) >= 11 is 0. The molecule has 0 spiro atoms. The Labute approximate surface area is 112 Å².